The molecule has 4 aromatic carbocycles. The average molecular weight is 359 g/mol. The van der Waals surface area contributed by atoms with Crippen LogP contribution in [0.3, 0.4) is 0 Å². The lowest BCUT2D eigenvalue weighted by atomic mass is 9.81. The van der Waals surface area contributed by atoms with Crippen molar-refractivity contribution >= 4 is 11.4 Å². The Morgan fingerprint density at radius 1 is 0.643 bits per heavy atom. The van der Waals surface area contributed by atoms with Crippen molar-refractivity contribution in [2.24, 2.45) is 4.99 Å². The molecule has 1 heterocycles. The molecule has 0 aliphatic carbocycles. The number of rotatable bonds is 2. The molecule has 28 heavy (non-hydrogen) atoms. The van der Waals surface area contributed by atoms with Crippen molar-refractivity contribution in [1.29, 1.82) is 0 Å². The van der Waals surface area contributed by atoms with Gasteiger partial charge in [-0.05, 0) is 40.8 Å². The van der Waals surface area contributed by atoms with Crippen LogP contribution in [0.25, 0.3) is 11.1 Å². The van der Waals surface area contributed by atoms with Gasteiger partial charge in [-0.25, -0.2) is 0 Å². The third-order valence-electron chi connectivity index (χ3n) is 5.51. The van der Waals surface area contributed by atoms with Gasteiger partial charge in [0.25, 0.3) is 0 Å². The molecule has 1 aliphatic heterocycles. The fourth-order valence-corrected chi connectivity index (χ4v) is 4.24. The first-order chi connectivity index (χ1) is 13.8. The summed E-state index contributed by atoms with van der Waals surface area (Å²) in [4.78, 5) is 5.26. The summed E-state index contributed by atoms with van der Waals surface area (Å²) in [5.74, 6) is 0.0894. The first-order valence-corrected chi connectivity index (χ1v) is 9.71. The SMILES string of the molecule is Cc1cccc2c1-c1ccccc1[C@H](c1ccccc1)C(c1ccccc1)=N2. The molecule has 5 rings (SSSR count). The van der Waals surface area contributed by atoms with Crippen LogP contribution in [0.1, 0.15) is 28.2 Å². The van der Waals surface area contributed by atoms with Crippen LogP contribution in [0.2, 0.25) is 0 Å². The van der Waals surface area contributed by atoms with Crippen LogP contribution in [0, 0.1) is 6.92 Å². The topological polar surface area (TPSA) is 12.4 Å². The molecule has 0 fully saturated rings. The highest BCUT2D eigenvalue weighted by Gasteiger charge is 2.28. The summed E-state index contributed by atoms with van der Waals surface area (Å²) < 4.78 is 0. The summed E-state index contributed by atoms with van der Waals surface area (Å²) in [5, 5.41) is 0. The van der Waals surface area contributed by atoms with Gasteiger partial charge >= 0.3 is 0 Å². The molecule has 1 aliphatic rings. The second-order valence-corrected chi connectivity index (χ2v) is 7.26. The predicted octanol–water partition coefficient (Wildman–Crippen LogP) is 6.93. The van der Waals surface area contributed by atoms with Gasteiger partial charge in [0.15, 0.2) is 0 Å². The molecule has 1 nitrogen and oxygen atoms in total. The van der Waals surface area contributed by atoms with Gasteiger partial charge in [-0.15, -0.1) is 0 Å². The van der Waals surface area contributed by atoms with E-state index in [2.05, 4.69) is 110 Å². The molecule has 1 heteroatoms. The first-order valence-electron chi connectivity index (χ1n) is 9.71. The Kier molecular flexibility index (Phi) is 4.14. The molecule has 134 valence electrons. The monoisotopic (exact) mass is 359 g/mol. The van der Waals surface area contributed by atoms with Crippen molar-refractivity contribution in [1.82, 2.24) is 0 Å². The van der Waals surface area contributed by atoms with E-state index in [0.29, 0.717) is 0 Å². The Labute approximate surface area is 166 Å². The molecule has 0 amide bonds. The maximum atomic E-state index is 5.26. The lowest BCUT2D eigenvalue weighted by Gasteiger charge is -2.21. The van der Waals surface area contributed by atoms with E-state index in [9.17, 15) is 0 Å². The molecule has 0 unspecified atom stereocenters. The number of hydrogen-bond donors (Lipinski definition) is 0. The Balaban J connectivity index is 1.88. The Morgan fingerprint density at radius 2 is 1.32 bits per heavy atom. The van der Waals surface area contributed by atoms with Crippen molar-refractivity contribution in [3.8, 4) is 11.1 Å². The zero-order chi connectivity index (χ0) is 18.9. The highest BCUT2D eigenvalue weighted by atomic mass is 14.8. The zero-order valence-corrected chi connectivity index (χ0v) is 15.8. The molecule has 4 aromatic rings. The van der Waals surface area contributed by atoms with Gasteiger partial charge in [-0.3, -0.25) is 4.99 Å². The molecule has 0 saturated heterocycles. The van der Waals surface area contributed by atoms with Crippen molar-refractivity contribution in [2.75, 3.05) is 0 Å². The van der Waals surface area contributed by atoms with Crippen LogP contribution in [-0.2, 0) is 0 Å². The molecular weight excluding hydrogens is 338 g/mol. The third kappa shape index (κ3) is 2.76. The Hall–Kier alpha value is -3.45. The van der Waals surface area contributed by atoms with Crippen molar-refractivity contribution in [2.45, 2.75) is 12.8 Å². The summed E-state index contributed by atoms with van der Waals surface area (Å²) >= 11 is 0. The van der Waals surface area contributed by atoms with Crippen molar-refractivity contribution in [3.05, 3.63) is 125 Å². The molecule has 0 saturated carbocycles. The van der Waals surface area contributed by atoms with E-state index in [1.807, 2.05) is 0 Å². The second kappa shape index (κ2) is 6.94. The van der Waals surface area contributed by atoms with Crippen molar-refractivity contribution in [3.63, 3.8) is 0 Å². The fourth-order valence-electron chi connectivity index (χ4n) is 4.24. The normalized spacial score (nSPS) is 15.2. The first kappa shape index (κ1) is 16.7. The molecule has 0 spiro atoms. The average Bonchev–Trinajstić information content (AvgIpc) is 2.90. The highest BCUT2D eigenvalue weighted by molar-refractivity contribution is 6.11. The minimum atomic E-state index is 0.0894. The molecule has 0 radical (unpaired) electrons. The Bertz CT molecular complexity index is 1160. The molecule has 0 aromatic heterocycles. The summed E-state index contributed by atoms with van der Waals surface area (Å²) in [6, 6.07) is 36.5. The lowest BCUT2D eigenvalue weighted by Crippen LogP contribution is -2.15. The quantitative estimate of drug-likeness (QED) is 0.368. The van der Waals surface area contributed by atoms with E-state index in [1.54, 1.807) is 0 Å². The number of benzene rings is 4. The van der Waals surface area contributed by atoms with E-state index in [1.165, 1.54) is 33.4 Å². The van der Waals surface area contributed by atoms with E-state index < -0.39 is 0 Å². The van der Waals surface area contributed by atoms with E-state index in [4.69, 9.17) is 4.99 Å². The van der Waals surface area contributed by atoms with Crippen LogP contribution >= 0.6 is 0 Å². The van der Waals surface area contributed by atoms with Crippen molar-refractivity contribution < 1.29 is 0 Å². The minimum absolute atomic E-state index is 0.0894. The van der Waals surface area contributed by atoms with E-state index in [-0.39, 0.29) is 5.92 Å². The number of nitrogens with zero attached hydrogens (tertiary/aromatic N) is 1. The summed E-state index contributed by atoms with van der Waals surface area (Å²) in [7, 11) is 0. The van der Waals surface area contributed by atoms with Gasteiger partial charge in [0.1, 0.15) is 0 Å². The van der Waals surface area contributed by atoms with Gasteiger partial charge in [-0.2, -0.15) is 0 Å². The maximum Gasteiger partial charge on any atom is 0.0714 e. The van der Waals surface area contributed by atoms with Crippen LogP contribution in [-0.4, -0.2) is 5.71 Å². The molecular formula is C27H21N. The van der Waals surface area contributed by atoms with Crippen LogP contribution in [0.4, 0.5) is 5.69 Å². The number of aryl methyl sites for hydroxylation is 1. The van der Waals surface area contributed by atoms with Gasteiger partial charge < -0.3 is 0 Å². The number of hydrogen-bond acceptors (Lipinski definition) is 1. The fraction of sp³-hybridized carbons (Fsp3) is 0.0741. The van der Waals surface area contributed by atoms with E-state index >= 15 is 0 Å². The Morgan fingerprint density at radius 3 is 2.11 bits per heavy atom. The smallest absolute Gasteiger partial charge is 0.0714 e. The predicted molar refractivity (Wildman–Crippen MR) is 118 cm³/mol. The summed E-state index contributed by atoms with van der Waals surface area (Å²) in [6.07, 6.45) is 0. The minimum Gasteiger partial charge on any atom is -0.251 e. The number of aliphatic imine (C=N–C) groups is 1. The standard InChI is InChI=1S/C27H21N/c1-19-11-10-18-24-25(19)22-16-8-9-17-23(22)26(20-12-4-2-5-13-20)27(28-24)21-14-6-3-7-15-21/h2-18,26H,1H3/t26-/m0/s1. The second-order valence-electron chi connectivity index (χ2n) is 7.26. The molecule has 0 bridgehead atoms. The molecule has 0 N–H and O–H groups in total. The van der Waals surface area contributed by atoms with Crippen LogP contribution < -0.4 is 0 Å². The van der Waals surface area contributed by atoms with Gasteiger partial charge in [0, 0.05) is 5.56 Å². The maximum absolute atomic E-state index is 5.26. The molecule has 1 atom stereocenters. The van der Waals surface area contributed by atoms with Crippen LogP contribution in [0.15, 0.2) is 108 Å². The zero-order valence-electron chi connectivity index (χ0n) is 15.8. The highest BCUT2D eigenvalue weighted by Crippen LogP contribution is 2.44. The van der Waals surface area contributed by atoms with Gasteiger partial charge in [0.2, 0.25) is 0 Å². The third-order valence-corrected chi connectivity index (χ3v) is 5.51. The van der Waals surface area contributed by atoms with Gasteiger partial charge in [-0.1, -0.05) is 97.1 Å². The van der Waals surface area contributed by atoms with E-state index in [0.717, 1.165) is 11.4 Å². The van der Waals surface area contributed by atoms with Crippen LogP contribution in [0.5, 0.6) is 0 Å². The number of fused-ring (bicyclic) bond motifs is 3. The van der Waals surface area contributed by atoms with Gasteiger partial charge in [0.05, 0.1) is 17.3 Å². The summed E-state index contributed by atoms with van der Waals surface area (Å²) in [5.41, 5.74) is 9.67. The largest absolute Gasteiger partial charge is 0.251 e. The summed E-state index contributed by atoms with van der Waals surface area (Å²) in [6.45, 7) is 2.18. The lowest BCUT2D eigenvalue weighted by molar-refractivity contribution is 1.08.